The average Bonchev–Trinajstić information content (AvgIpc) is 2.46. The second-order valence-corrected chi connectivity index (χ2v) is 3.36. The van der Waals surface area contributed by atoms with Gasteiger partial charge in [0.1, 0.15) is 12.3 Å². The maximum atomic E-state index is 11.6. The minimum atomic E-state index is -1.06. The summed E-state index contributed by atoms with van der Waals surface area (Å²) in [6.45, 7) is -0.180. The minimum Gasteiger partial charge on any atom is -0.508 e. The maximum Gasteiger partial charge on any atom is 0.323 e. The van der Waals surface area contributed by atoms with Crippen LogP contribution in [0.3, 0.4) is 0 Å². The SMILES string of the molecule is O=C(O)CN1Cc2c(O)cccc2C1=O. The smallest absolute Gasteiger partial charge is 0.323 e. The van der Waals surface area contributed by atoms with Gasteiger partial charge in [0.05, 0.1) is 6.54 Å². The molecule has 1 aromatic carbocycles. The molecule has 2 rings (SSSR count). The number of phenols is 1. The van der Waals surface area contributed by atoms with E-state index < -0.39 is 5.97 Å². The van der Waals surface area contributed by atoms with Crippen molar-refractivity contribution >= 4 is 11.9 Å². The molecule has 0 bridgehead atoms. The van der Waals surface area contributed by atoms with Gasteiger partial charge >= 0.3 is 5.97 Å². The predicted octanol–water partition coefficient (Wildman–Crippen LogP) is 0.433. The van der Waals surface area contributed by atoms with Crippen LogP contribution < -0.4 is 0 Å². The van der Waals surface area contributed by atoms with Crippen molar-refractivity contribution < 1.29 is 19.8 Å². The van der Waals surface area contributed by atoms with E-state index in [9.17, 15) is 14.7 Å². The summed E-state index contributed by atoms with van der Waals surface area (Å²) in [6.07, 6.45) is 0. The first kappa shape index (κ1) is 9.51. The van der Waals surface area contributed by atoms with Crippen molar-refractivity contribution in [2.24, 2.45) is 0 Å². The summed E-state index contributed by atoms with van der Waals surface area (Å²) in [4.78, 5) is 23.3. The van der Waals surface area contributed by atoms with Crippen LogP contribution in [-0.2, 0) is 11.3 Å². The molecule has 0 atom stereocenters. The van der Waals surface area contributed by atoms with Crippen molar-refractivity contribution in [2.75, 3.05) is 6.54 Å². The quantitative estimate of drug-likeness (QED) is 0.737. The first-order chi connectivity index (χ1) is 7.09. The largest absolute Gasteiger partial charge is 0.508 e. The number of carboxylic acid groups (broad SMARTS) is 1. The number of benzene rings is 1. The van der Waals surface area contributed by atoms with E-state index in [0.717, 1.165) is 0 Å². The molecule has 1 aliphatic rings. The molecule has 0 spiro atoms. The van der Waals surface area contributed by atoms with Crippen LogP contribution in [0.1, 0.15) is 15.9 Å². The summed E-state index contributed by atoms with van der Waals surface area (Å²) in [6, 6.07) is 4.63. The molecule has 1 amide bonds. The normalized spacial score (nSPS) is 14.1. The molecule has 1 aliphatic heterocycles. The molecule has 5 nitrogen and oxygen atoms in total. The number of hydrogen-bond donors (Lipinski definition) is 2. The number of carboxylic acids is 1. The number of aromatic hydroxyl groups is 1. The highest BCUT2D eigenvalue weighted by atomic mass is 16.4. The third-order valence-corrected chi connectivity index (χ3v) is 2.34. The lowest BCUT2D eigenvalue weighted by molar-refractivity contribution is -0.137. The van der Waals surface area contributed by atoms with Crippen LogP contribution in [0.5, 0.6) is 5.75 Å². The first-order valence-electron chi connectivity index (χ1n) is 4.41. The van der Waals surface area contributed by atoms with E-state index in [0.29, 0.717) is 11.1 Å². The van der Waals surface area contributed by atoms with Gasteiger partial charge in [-0.3, -0.25) is 9.59 Å². The Balaban J connectivity index is 2.33. The van der Waals surface area contributed by atoms with Crippen LogP contribution in [-0.4, -0.2) is 33.5 Å². The summed E-state index contributed by atoms with van der Waals surface area (Å²) in [5, 5.41) is 18.1. The highest BCUT2D eigenvalue weighted by Gasteiger charge is 2.30. The fourth-order valence-electron chi connectivity index (χ4n) is 1.67. The first-order valence-corrected chi connectivity index (χ1v) is 4.41. The van der Waals surface area contributed by atoms with Crippen molar-refractivity contribution in [1.29, 1.82) is 0 Å². The van der Waals surface area contributed by atoms with Crippen LogP contribution in [0.15, 0.2) is 18.2 Å². The summed E-state index contributed by atoms with van der Waals surface area (Å²) >= 11 is 0. The maximum absolute atomic E-state index is 11.6. The van der Waals surface area contributed by atoms with Gasteiger partial charge in [-0.2, -0.15) is 0 Å². The lowest BCUT2D eigenvalue weighted by atomic mass is 10.1. The number of carbonyl (C=O) groups excluding carboxylic acids is 1. The molecule has 0 saturated carbocycles. The second kappa shape index (κ2) is 3.27. The Morgan fingerprint density at radius 1 is 1.47 bits per heavy atom. The van der Waals surface area contributed by atoms with Gasteiger partial charge in [-0.15, -0.1) is 0 Å². The van der Waals surface area contributed by atoms with E-state index in [1.807, 2.05) is 0 Å². The molecule has 0 aliphatic carbocycles. The zero-order chi connectivity index (χ0) is 11.0. The molecule has 15 heavy (non-hydrogen) atoms. The molecular formula is C10H9NO4. The standard InChI is InChI=1S/C10H9NO4/c12-8-3-1-2-6-7(8)4-11(10(6)15)5-9(13)14/h1-3,12H,4-5H2,(H,13,14). The molecule has 78 valence electrons. The van der Waals surface area contributed by atoms with Crippen molar-refractivity contribution in [3.05, 3.63) is 29.3 Å². The molecule has 0 aromatic heterocycles. The van der Waals surface area contributed by atoms with Gasteiger partial charge < -0.3 is 15.1 Å². The lowest BCUT2D eigenvalue weighted by Gasteiger charge is -2.11. The van der Waals surface area contributed by atoms with E-state index in [-0.39, 0.29) is 24.7 Å². The molecule has 0 radical (unpaired) electrons. The zero-order valence-electron chi connectivity index (χ0n) is 7.80. The van der Waals surface area contributed by atoms with Crippen LogP contribution >= 0.6 is 0 Å². The topological polar surface area (TPSA) is 77.8 Å². The van der Waals surface area contributed by atoms with Gasteiger partial charge in [0.15, 0.2) is 0 Å². The van der Waals surface area contributed by atoms with Gasteiger partial charge in [0.2, 0.25) is 0 Å². The van der Waals surface area contributed by atoms with Crippen LogP contribution in [0.4, 0.5) is 0 Å². The fourth-order valence-corrected chi connectivity index (χ4v) is 1.67. The van der Waals surface area contributed by atoms with E-state index >= 15 is 0 Å². The van der Waals surface area contributed by atoms with Crippen LogP contribution in [0, 0.1) is 0 Å². The van der Waals surface area contributed by atoms with Crippen molar-refractivity contribution in [3.63, 3.8) is 0 Å². The Morgan fingerprint density at radius 2 is 2.20 bits per heavy atom. The van der Waals surface area contributed by atoms with Crippen LogP contribution in [0.2, 0.25) is 0 Å². The van der Waals surface area contributed by atoms with Crippen molar-refractivity contribution in [1.82, 2.24) is 4.90 Å². The Labute approximate surface area is 85.6 Å². The molecular weight excluding hydrogens is 198 g/mol. The molecule has 0 unspecified atom stereocenters. The summed E-state index contributed by atoms with van der Waals surface area (Å²) < 4.78 is 0. The number of nitrogens with zero attached hydrogens (tertiary/aromatic N) is 1. The number of carbonyl (C=O) groups is 2. The van der Waals surface area contributed by atoms with Gasteiger partial charge in [-0.1, -0.05) is 6.07 Å². The number of phenolic OH excluding ortho intramolecular Hbond substituents is 1. The number of fused-ring (bicyclic) bond motifs is 1. The highest BCUT2D eigenvalue weighted by molar-refractivity contribution is 6.00. The highest BCUT2D eigenvalue weighted by Crippen LogP contribution is 2.29. The average molecular weight is 207 g/mol. The van der Waals surface area contributed by atoms with E-state index in [1.54, 1.807) is 12.1 Å². The molecule has 0 fully saturated rings. The lowest BCUT2D eigenvalue weighted by Crippen LogP contribution is -2.29. The van der Waals surface area contributed by atoms with Crippen molar-refractivity contribution in [3.8, 4) is 5.75 Å². The zero-order valence-corrected chi connectivity index (χ0v) is 7.80. The molecule has 1 aromatic rings. The van der Waals surface area contributed by atoms with Gasteiger partial charge in [0.25, 0.3) is 5.91 Å². The number of hydrogen-bond acceptors (Lipinski definition) is 3. The summed E-state index contributed by atoms with van der Waals surface area (Å²) in [7, 11) is 0. The Kier molecular flexibility index (Phi) is 2.07. The summed E-state index contributed by atoms with van der Waals surface area (Å²) in [5.41, 5.74) is 0.889. The molecule has 2 N–H and O–H groups in total. The minimum absolute atomic E-state index is 0.0359. The van der Waals surface area contributed by atoms with E-state index in [2.05, 4.69) is 0 Å². The van der Waals surface area contributed by atoms with Gasteiger partial charge in [-0.05, 0) is 12.1 Å². The fraction of sp³-hybridized carbons (Fsp3) is 0.200. The Hall–Kier alpha value is -2.04. The Morgan fingerprint density at radius 3 is 2.80 bits per heavy atom. The third-order valence-electron chi connectivity index (χ3n) is 2.34. The van der Waals surface area contributed by atoms with Crippen LogP contribution in [0.25, 0.3) is 0 Å². The second-order valence-electron chi connectivity index (χ2n) is 3.36. The summed E-state index contributed by atoms with van der Waals surface area (Å²) in [5.74, 6) is -1.37. The van der Waals surface area contributed by atoms with Crippen molar-refractivity contribution in [2.45, 2.75) is 6.54 Å². The van der Waals surface area contributed by atoms with E-state index in [1.165, 1.54) is 11.0 Å². The predicted molar refractivity (Wildman–Crippen MR) is 50.5 cm³/mol. The monoisotopic (exact) mass is 207 g/mol. The van der Waals surface area contributed by atoms with Gasteiger partial charge in [0, 0.05) is 11.1 Å². The number of amides is 1. The molecule has 5 heteroatoms. The number of rotatable bonds is 2. The molecule has 1 heterocycles. The molecule has 0 saturated heterocycles. The third kappa shape index (κ3) is 1.52. The van der Waals surface area contributed by atoms with E-state index in [4.69, 9.17) is 5.11 Å². The van der Waals surface area contributed by atoms with Gasteiger partial charge in [-0.25, -0.2) is 0 Å². The Bertz CT molecular complexity index is 441. The number of aliphatic carboxylic acids is 1.